The molecule has 0 aliphatic heterocycles. The Morgan fingerprint density at radius 1 is 1.30 bits per heavy atom. The molecule has 8 heteroatoms. The number of hydrogen-bond acceptors (Lipinski definition) is 5. The Kier molecular flexibility index (Phi) is 4.46. The van der Waals surface area contributed by atoms with Gasteiger partial charge in [-0.1, -0.05) is 6.07 Å². The molecule has 1 N–H and O–H groups in total. The van der Waals surface area contributed by atoms with E-state index >= 15 is 0 Å². The normalized spacial score (nSPS) is 11.1. The van der Waals surface area contributed by atoms with Crippen molar-refractivity contribution in [2.75, 3.05) is 11.8 Å². The molecule has 0 spiro atoms. The van der Waals surface area contributed by atoms with Crippen LogP contribution in [0.2, 0.25) is 0 Å². The average molecular weight is 376 g/mol. The van der Waals surface area contributed by atoms with Crippen LogP contribution in [0.3, 0.4) is 0 Å². The molecule has 1 heterocycles. The number of halogens is 1. The summed E-state index contributed by atoms with van der Waals surface area (Å²) in [5.41, 5.74) is 0.581. The summed E-state index contributed by atoms with van der Waals surface area (Å²) in [4.78, 5) is 11.4. The second-order valence-corrected chi connectivity index (χ2v) is 8.11. The summed E-state index contributed by atoms with van der Waals surface area (Å²) in [5.74, 6) is -0.523. The van der Waals surface area contributed by atoms with Gasteiger partial charge in [-0.25, -0.2) is 13.2 Å². The fourth-order valence-electron chi connectivity index (χ4n) is 1.48. The minimum atomic E-state index is -3.66. The molecule has 0 aliphatic rings. The summed E-state index contributed by atoms with van der Waals surface area (Å²) in [6.07, 6.45) is 0. The zero-order valence-electron chi connectivity index (χ0n) is 10.3. The Morgan fingerprint density at radius 2 is 2.05 bits per heavy atom. The third-order valence-electron chi connectivity index (χ3n) is 2.35. The van der Waals surface area contributed by atoms with Crippen molar-refractivity contribution >= 4 is 48.9 Å². The molecule has 20 heavy (non-hydrogen) atoms. The quantitative estimate of drug-likeness (QED) is 0.833. The van der Waals surface area contributed by atoms with Crippen molar-refractivity contribution in [3.05, 3.63) is 45.7 Å². The lowest BCUT2D eigenvalue weighted by molar-refractivity contribution is 0.0601. The maximum Gasteiger partial charge on any atom is 0.337 e. The molecule has 0 radical (unpaired) electrons. The van der Waals surface area contributed by atoms with Crippen LogP contribution in [0, 0.1) is 0 Å². The van der Waals surface area contributed by atoms with E-state index in [4.69, 9.17) is 0 Å². The van der Waals surface area contributed by atoms with Crippen molar-refractivity contribution in [1.82, 2.24) is 0 Å². The Hall–Kier alpha value is -1.38. The number of hydrogen-bond donors (Lipinski definition) is 1. The molecule has 5 nitrogen and oxygen atoms in total. The lowest BCUT2D eigenvalue weighted by Crippen LogP contribution is -2.12. The van der Waals surface area contributed by atoms with E-state index in [2.05, 4.69) is 25.4 Å². The second-order valence-electron chi connectivity index (χ2n) is 3.74. The molecular weight excluding hydrogens is 366 g/mol. The summed E-state index contributed by atoms with van der Waals surface area (Å²) in [5, 5.41) is 0. The number of carbonyl (C=O) groups excluding carboxylic acids is 1. The van der Waals surface area contributed by atoms with Crippen LogP contribution >= 0.6 is 27.3 Å². The molecular formula is C12H10BrNO4S2. The van der Waals surface area contributed by atoms with E-state index < -0.39 is 16.0 Å². The first-order valence-corrected chi connectivity index (χ1v) is 8.48. The molecule has 1 aromatic carbocycles. The summed E-state index contributed by atoms with van der Waals surface area (Å²) in [6, 6.07) is 9.27. The number of methoxy groups -OCH3 is 1. The lowest BCUT2D eigenvalue weighted by atomic mass is 10.2. The number of esters is 1. The highest BCUT2D eigenvalue weighted by Gasteiger charge is 2.17. The SMILES string of the molecule is COC(=O)c1cccc(NS(=O)(=O)c2ccc(Br)s2)c1. The predicted molar refractivity (Wildman–Crippen MR) is 80.6 cm³/mol. The van der Waals surface area contributed by atoms with Gasteiger partial charge in [-0.3, -0.25) is 4.72 Å². The first-order valence-electron chi connectivity index (χ1n) is 5.39. The summed E-state index contributed by atoms with van der Waals surface area (Å²) in [6.45, 7) is 0. The van der Waals surface area contributed by atoms with Gasteiger partial charge in [0, 0.05) is 5.69 Å². The molecule has 0 saturated carbocycles. The van der Waals surface area contributed by atoms with Gasteiger partial charge in [-0.05, 0) is 46.3 Å². The minimum absolute atomic E-state index is 0.188. The number of anilines is 1. The fourth-order valence-corrected chi connectivity index (χ4v) is 4.53. The van der Waals surface area contributed by atoms with Gasteiger partial charge >= 0.3 is 5.97 Å². The molecule has 0 amide bonds. The highest BCUT2D eigenvalue weighted by molar-refractivity contribution is 9.11. The molecule has 0 saturated heterocycles. The third-order valence-corrected chi connectivity index (χ3v) is 5.85. The second kappa shape index (κ2) is 5.94. The standard InChI is InChI=1S/C12H10BrNO4S2/c1-18-12(15)8-3-2-4-9(7-8)14-20(16,17)11-6-5-10(13)19-11/h2-7,14H,1H3. The molecule has 0 unspecified atom stereocenters. The van der Waals surface area contributed by atoms with Crippen molar-refractivity contribution in [1.29, 1.82) is 0 Å². The van der Waals surface area contributed by atoms with Gasteiger partial charge < -0.3 is 4.74 Å². The number of sulfonamides is 1. The molecule has 0 bridgehead atoms. The minimum Gasteiger partial charge on any atom is -0.465 e. The average Bonchev–Trinajstić information content (AvgIpc) is 2.85. The Balaban J connectivity index is 2.28. The number of rotatable bonds is 4. The van der Waals surface area contributed by atoms with E-state index in [1.807, 2.05) is 0 Å². The van der Waals surface area contributed by atoms with Gasteiger partial charge in [0.25, 0.3) is 10.0 Å². The highest BCUT2D eigenvalue weighted by atomic mass is 79.9. The number of thiophene rings is 1. The Labute approximate surface area is 128 Å². The zero-order valence-corrected chi connectivity index (χ0v) is 13.5. The molecule has 0 fully saturated rings. The van der Waals surface area contributed by atoms with Crippen LogP contribution in [0.5, 0.6) is 0 Å². The summed E-state index contributed by atoms with van der Waals surface area (Å²) < 4.78 is 32.2. The number of carbonyl (C=O) groups is 1. The molecule has 2 rings (SSSR count). The topological polar surface area (TPSA) is 72.5 Å². The summed E-state index contributed by atoms with van der Waals surface area (Å²) in [7, 11) is -2.39. The Morgan fingerprint density at radius 3 is 2.65 bits per heavy atom. The predicted octanol–water partition coefficient (Wildman–Crippen LogP) is 3.10. The molecule has 106 valence electrons. The van der Waals surface area contributed by atoms with Gasteiger partial charge in [0.2, 0.25) is 0 Å². The van der Waals surface area contributed by atoms with E-state index in [0.29, 0.717) is 5.69 Å². The first-order chi connectivity index (χ1) is 9.42. The molecule has 0 aliphatic carbocycles. The lowest BCUT2D eigenvalue weighted by Gasteiger charge is -2.07. The van der Waals surface area contributed by atoms with E-state index in [-0.39, 0.29) is 9.77 Å². The van der Waals surface area contributed by atoms with E-state index in [1.54, 1.807) is 24.3 Å². The van der Waals surface area contributed by atoms with Crippen LogP contribution in [0.15, 0.2) is 44.4 Å². The van der Waals surface area contributed by atoms with Crippen LogP contribution < -0.4 is 4.72 Å². The number of benzene rings is 1. The summed E-state index contributed by atoms with van der Waals surface area (Å²) >= 11 is 4.32. The maximum absolute atomic E-state index is 12.1. The molecule has 1 aromatic heterocycles. The molecule has 2 aromatic rings. The van der Waals surface area contributed by atoms with Crippen molar-refractivity contribution in [2.24, 2.45) is 0 Å². The number of nitrogens with one attached hydrogen (secondary N) is 1. The van der Waals surface area contributed by atoms with Crippen molar-refractivity contribution in [3.63, 3.8) is 0 Å². The first kappa shape index (κ1) is 15.0. The largest absolute Gasteiger partial charge is 0.465 e. The van der Waals surface area contributed by atoms with Gasteiger partial charge in [-0.2, -0.15) is 0 Å². The van der Waals surface area contributed by atoms with Crippen LogP contribution in [-0.2, 0) is 14.8 Å². The van der Waals surface area contributed by atoms with Crippen LogP contribution in [0.4, 0.5) is 5.69 Å². The van der Waals surface area contributed by atoms with Crippen molar-refractivity contribution in [2.45, 2.75) is 4.21 Å². The van der Waals surface area contributed by atoms with Gasteiger partial charge in [-0.15, -0.1) is 11.3 Å². The fraction of sp³-hybridized carbons (Fsp3) is 0.0833. The van der Waals surface area contributed by atoms with Crippen LogP contribution in [-0.4, -0.2) is 21.5 Å². The van der Waals surface area contributed by atoms with E-state index in [9.17, 15) is 13.2 Å². The van der Waals surface area contributed by atoms with Crippen molar-refractivity contribution in [3.8, 4) is 0 Å². The third kappa shape index (κ3) is 3.38. The Bertz CT molecular complexity index is 739. The van der Waals surface area contributed by atoms with E-state index in [0.717, 1.165) is 15.1 Å². The van der Waals surface area contributed by atoms with Crippen LogP contribution in [0.25, 0.3) is 0 Å². The smallest absolute Gasteiger partial charge is 0.337 e. The van der Waals surface area contributed by atoms with Crippen LogP contribution in [0.1, 0.15) is 10.4 Å². The van der Waals surface area contributed by atoms with Gasteiger partial charge in [0.05, 0.1) is 16.5 Å². The zero-order chi connectivity index (χ0) is 14.8. The monoisotopic (exact) mass is 375 g/mol. The molecule has 0 atom stereocenters. The highest BCUT2D eigenvalue weighted by Crippen LogP contribution is 2.27. The van der Waals surface area contributed by atoms with Crippen molar-refractivity contribution < 1.29 is 17.9 Å². The van der Waals surface area contributed by atoms with Gasteiger partial charge in [0.15, 0.2) is 0 Å². The maximum atomic E-state index is 12.1. The van der Waals surface area contributed by atoms with E-state index in [1.165, 1.54) is 19.2 Å². The number of ether oxygens (including phenoxy) is 1. The van der Waals surface area contributed by atoms with Gasteiger partial charge in [0.1, 0.15) is 4.21 Å².